The second-order valence-electron chi connectivity index (χ2n) is 8.93. The van der Waals surface area contributed by atoms with Crippen molar-refractivity contribution in [1.82, 2.24) is 10.6 Å². The van der Waals surface area contributed by atoms with Crippen LogP contribution in [-0.4, -0.2) is 44.5 Å². The summed E-state index contributed by atoms with van der Waals surface area (Å²) in [6.07, 6.45) is 1.02. The molecule has 0 aliphatic heterocycles. The Morgan fingerprint density at radius 3 is 1.89 bits per heavy atom. The first kappa shape index (κ1) is 28.3. The molecule has 0 heterocycles. The van der Waals surface area contributed by atoms with Crippen LogP contribution in [0.1, 0.15) is 38.8 Å². The van der Waals surface area contributed by atoms with Gasteiger partial charge in [0, 0.05) is 12.7 Å². The molecule has 0 fully saturated rings. The minimum absolute atomic E-state index is 0.124. The van der Waals surface area contributed by atoms with Gasteiger partial charge in [-0.3, -0.25) is 10.1 Å². The van der Waals surface area contributed by atoms with Gasteiger partial charge in [0.25, 0.3) is 0 Å². The van der Waals surface area contributed by atoms with Gasteiger partial charge in [-0.2, -0.15) is 13.2 Å². The molecule has 190 valence electrons. The molecule has 0 aliphatic rings. The van der Waals surface area contributed by atoms with E-state index in [0.29, 0.717) is 11.1 Å². The average Bonchev–Trinajstić information content (AvgIpc) is 2.74. The van der Waals surface area contributed by atoms with Crippen LogP contribution >= 0.6 is 0 Å². The van der Waals surface area contributed by atoms with Crippen LogP contribution in [0, 0.1) is 12.3 Å². The predicted molar refractivity (Wildman–Crippen MR) is 127 cm³/mol. The zero-order valence-corrected chi connectivity index (χ0v) is 20.6. The highest BCUT2D eigenvalue weighted by Crippen LogP contribution is 2.35. The van der Waals surface area contributed by atoms with Gasteiger partial charge in [-0.05, 0) is 49.6 Å². The number of rotatable bonds is 9. The van der Waals surface area contributed by atoms with Crippen LogP contribution in [-0.2, 0) is 14.6 Å². The van der Waals surface area contributed by atoms with Crippen LogP contribution in [0.5, 0.6) is 0 Å². The molecule has 2 aromatic carbocycles. The van der Waals surface area contributed by atoms with Gasteiger partial charge in [0.1, 0.15) is 11.7 Å². The maximum Gasteiger partial charge on any atom is 0.407 e. The molecule has 0 aliphatic carbocycles. The van der Waals surface area contributed by atoms with Crippen molar-refractivity contribution in [3.63, 3.8) is 0 Å². The monoisotopic (exact) mass is 512 g/mol. The topological polar surface area (TPSA) is 75.3 Å². The number of terminal acetylenes is 1. The number of hydrogen-bond donors (Lipinski definition) is 2. The minimum Gasteiger partial charge on any atom is -0.341 e. The van der Waals surface area contributed by atoms with E-state index in [1.165, 1.54) is 57.2 Å². The lowest BCUT2D eigenvalue weighted by atomic mass is 9.96. The average molecular weight is 513 g/mol. The number of nitrogens with one attached hydrogen (secondary N) is 2. The second-order valence-corrected chi connectivity index (χ2v) is 10.9. The van der Waals surface area contributed by atoms with E-state index in [-0.39, 0.29) is 10.5 Å². The van der Waals surface area contributed by atoms with Crippen molar-refractivity contribution in [3.05, 3.63) is 54.1 Å². The minimum atomic E-state index is -4.78. The lowest BCUT2D eigenvalue weighted by molar-refractivity contribution is -0.161. The van der Waals surface area contributed by atoms with Crippen LogP contribution in [0.2, 0.25) is 0 Å². The van der Waals surface area contributed by atoms with Gasteiger partial charge in [-0.1, -0.05) is 42.3 Å². The maximum absolute atomic E-state index is 14.3. The lowest BCUT2D eigenvalue weighted by Gasteiger charge is -2.30. The molecule has 0 aromatic heterocycles. The zero-order chi connectivity index (χ0) is 26.6. The molecule has 0 spiro atoms. The summed E-state index contributed by atoms with van der Waals surface area (Å²) in [7, 11) is -3.38. The molecular weight excluding hydrogens is 484 g/mol. The highest BCUT2D eigenvalue weighted by Gasteiger charge is 2.43. The van der Waals surface area contributed by atoms with Crippen molar-refractivity contribution in [3.8, 4) is 23.5 Å². The van der Waals surface area contributed by atoms with Crippen LogP contribution in [0.15, 0.2) is 53.4 Å². The Bertz CT molecular complexity index is 1160. The molecule has 0 bridgehead atoms. The summed E-state index contributed by atoms with van der Waals surface area (Å²) < 4.78 is 79.5. The standard InChI is InChI=1S/C25H28F4N2O3S/c1-6-16(2)30-23(32)21(15-24(3,4)26)31-22(25(27,28)29)19-9-7-17(8-10-19)18-11-13-20(14-12-18)35(5,33)34/h1,7-14,16,21-22,31H,15H2,2-5H3,(H,30,32)/t16?,21-,22-/m0/s1. The number of benzene rings is 2. The molecule has 1 unspecified atom stereocenters. The quantitative estimate of drug-likeness (QED) is 0.381. The van der Waals surface area contributed by atoms with E-state index >= 15 is 0 Å². The summed E-state index contributed by atoms with van der Waals surface area (Å²) in [5.41, 5.74) is -0.919. The Hall–Kier alpha value is -2.90. The van der Waals surface area contributed by atoms with Crippen molar-refractivity contribution in [2.75, 3.05) is 6.26 Å². The molecule has 35 heavy (non-hydrogen) atoms. The highest BCUT2D eigenvalue weighted by molar-refractivity contribution is 7.90. The fraction of sp³-hybridized carbons (Fsp3) is 0.400. The number of halogens is 4. The maximum atomic E-state index is 14.3. The summed E-state index contributed by atoms with van der Waals surface area (Å²) in [5, 5.41) is 4.66. The molecule has 2 rings (SSSR count). The predicted octanol–water partition coefficient (Wildman–Crippen LogP) is 4.59. The number of alkyl halides is 4. The summed E-state index contributed by atoms with van der Waals surface area (Å²) in [4.78, 5) is 12.7. The third kappa shape index (κ3) is 8.37. The van der Waals surface area contributed by atoms with Crippen molar-refractivity contribution in [2.45, 2.75) is 62.1 Å². The molecule has 1 amide bonds. The summed E-state index contributed by atoms with van der Waals surface area (Å²) in [5.74, 6) is 1.42. The first-order valence-electron chi connectivity index (χ1n) is 10.7. The molecule has 2 aromatic rings. The van der Waals surface area contributed by atoms with E-state index < -0.39 is 52.1 Å². The Morgan fingerprint density at radius 2 is 1.49 bits per heavy atom. The van der Waals surface area contributed by atoms with Crippen LogP contribution in [0.3, 0.4) is 0 Å². The Morgan fingerprint density at radius 1 is 1.00 bits per heavy atom. The zero-order valence-electron chi connectivity index (χ0n) is 19.8. The van der Waals surface area contributed by atoms with Crippen molar-refractivity contribution < 1.29 is 30.8 Å². The molecular formula is C25H28F4N2O3S. The number of hydrogen-bond acceptors (Lipinski definition) is 4. The fourth-order valence-corrected chi connectivity index (χ4v) is 4.04. The van der Waals surface area contributed by atoms with E-state index in [4.69, 9.17) is 6.42 Å². The Balaban J connectivity index is 2.35. The summed E-state index contributed by atoms with van der Waals surface area (Å²) >= 11 is 0. The van der Waals surface area contributed by atoms with Crippen molar-refractivity contribution >= 4 is 15.7 Å². The third-order valence-corrected chi connectivity index (χ3v) is 6.30. The molecule has 3 atom stereocenters. The van der Waals surface area contributed by atoms with Crippen molar-refractivity contribution in [1.29, 1.82) is 0 Å². The van der Waals surface area contributed by atoms with Gasteiger partial charge >= 0.3 is 6.18 Å². The molecule has 0 saturated heterocycles. The SMILES string of the molecule is C#CC(C)NC(=O)[C@H](CC(C)(C)F)N[C@@H](c1ccc(-c2ccc(S(C)(=O)=O)cc2)cc1)C(F)(F)F. The summed E-state index contributed by atoms with van der Waals surface area (Å²) in [6.45, 7) is 3.83. The van der Waals surface area contributed by atoms with Crippen LogP contribution < -0.4 is 10.6 Å². The van der Waals surface area contributed by atoms with Gasteiger partial charge in [0.15, 0.2) is 9.84 Å². The van der Waals surface area contributed by atoms with Gasteiger partial charge in [-0.25, -0.2) is 12.8 Å². The van der Waals surface area contributed by atoms with Crippen LogP contribution in [0.25, 0.3) is 11.1 Å². The van der Waals surface area contributed by atoms with Gasteiger partial charge in [-0.15, -0.1) is 6.42 Å². The Labute approximate surface area is 203 Å². The smallest absolute Gasteiger partial charge is 0.341 e. The van der Waals surface area contributed by atoms with E-state index in [2.05, 4.69) is 16.6 Å². The molecule has 0 radical (unpaired) electrons. The van der Waals surface area contributed by atoms with Gasteiger partial charge < -0.3 is 5.32 Å². The van der Waals surface area contributed by atoms with E-state index in [0.717, 1.165) is 6.26 Å². The fourth-order valence-electron chi connectivity index (χ4n) is 3.41. The van der Waals surface area contributed by atoms with Crippen LogP contribution in [0.4, 0.5) is 17.6 Å². The largest absolute Gasteiger partial charge is 0.407 e. The second kappa shape index (κ2) is 10.8. The molecule has 5 nitrogen and oxygen atoms in total. The third-order valence-electron chi connectivity index (χ3n) is 5.17. The Kier molecular flexibility index (Phi) is 8.74. The first-order chi connectivity index (χ1) is 16.0. The van der Waals surface area contributed by atoms with Crippen molar-refractivity contribution in [2.24, 2.45) is 0 Å². The number of amides is 1. The van der Waals surface area contributed by atoms with Gasteiger partial charge in [0.05, 0.1) is 17.0 Å². The van der Waals surface area contributed by atoms with E-state index in [9.17, 15) is 30.8 Å². The normalized spacial score (nSPS) is 15.1. The molecule has 2 N–H and O–H groups in total. The molecule has 0 saturated carbocycles. The highest BCUT2D eigenvalue weighted by atomic mass is 32.2. The number of carbonyl (C=O) groups excluding carboxylic acids is 1. The summed E-state index contributed by atoms with van der Waals surface area (Å²) in [6, 6.07) is 6.88. The van der Waals surface area contributed by atoms with E-state index in [1.807, 2.05) is 0 Å². The molecule has 10 heteroatoms. The lowest BCUT2D eigenvalue weighted by Crippen LogP contribution is -2.52. The first-order valence-corrected chi connectivity index (χ1v) is 12.6. The van der Waals surface area contributed by atoms with E-state index in [1.54, 1.807) is 12.1 Å². The van der Waals surface area contributed by atoms with Gasteiger partial charge in [0.2, 0.25) is 5.91 Å². The number of carbonyl (C=O) groups is 1. The number of sulfone groups is 1.